The molecule has 0 saturated heterocycles. The molecule has 0 spiro atoms. The Hall–Kier alpha value is -0.760. The monoisotopic (exact) mass is 268 g/mol. The Morgan fingerprint density at radius 3 is 2.53 bits per heavy atom. The summed E-state index contributed by atoms with van der Waals surface area (Å²) >= 11 is 3.49. The van der Waals surface area contributed by atoms with Crippen LogP contribution < -0.4 is 4.74 Å². The number of allylic oxidation sites excluding steroid dienone is 1. The van der Waals surface area contributed by atoms with E-state index in [0.717, 1.165) is 23.9 Å². The number of halogens is 1. The summed E-state index contributed by atoms with van der Waals surface area (Å²) in [4.78, 5) is 0. The molecule has 0 aliphatic carbocycles. The SMILES string of the molecule is C=CCC(CCBr)c1ccc(OC)cc1. The summed E-state index contributed by atoms with van der Waals surface area (Å²) in [5.74, 6) is 1.47. The largest absolute Gasteiger partial charge is 0.497 e. The van der Waals surface area contributed by atoms with Gasteiger partial charge < -0.3 is 4.74 Å². The highest BCUT2D eigenvalue weighted by Gasteiger charge is 2.08. The van der Waals surface area contributed by atoms with Gasteiger partial charge in [0.05, 0.1) is 7.11 Å². The van der Waals surface area contributed by atoms with Crippen LogP contribution in [-0.4, -0.2) is 12.4 Å². The lowest BCUT2D eigenvalue weighted by molar-refractivity contribution is 0.414. The molecule has 1 atom stereocenters. The van der Waals surface area contributed by atoms with Crippen LogP contribution in [0.1, 0.15) is 24.3 Å². The van der Waals surface area contributed by atoms with Gasteiger partial charge in [-0.2, -0.15) is 0 Å². The lowest BCUT2D eigenvalue weighted by atomic mass is 9.93. The average molecular weight is 269 g/mol. The fraction of sp³-hybridized carbons (Fsp3) is 0.385. The molecule has 0 aromatic heterocycles. The van der Waals surface area contributed by atoms with Gasteiger partial charge in [0.15, 0.2) is 0 Å². The molecule has 1 unspecified atom stereocenters. The minimum atomic E-state index is 0.563. The lowest BCUT2D eigenvalue weighted by Crippen LogP contribution is -1.98. The van der Waals surface area contributed by atoms with Gasteiger partial charge >= 0.3 is 0 Å². The van der Waals surface area contributed by atoms with Crippen LogP contribution in [0.4, 0.5) is 0 Å². The molecule has 1 aromatic carbocycles. The maximum absolute atomic E-state index is 5.14. The smallest absolute Gasteiger partial charge is 0.118 e. The van der Waals surface area contributed by atoms with Crippen LogP contribution in [0.3, 0.4) is 0 Å². The third-order valence-corrected chi connectivity index (χ3v) is 2.95. The molecule has 0 fully saturated rings. The number of ether oxygens (including phenoxy) is 1. The van der Waals surface area contributed by atoms with E-state index in [9.17, 15) is 0 Å². The highest BCUT2D eigenvalue weighted by atomic mass is 79.9. The molecular weight excluding hydrogens is 252 g/mol. The van der Waals surface area contributed by atoms with Gasteiger partial charge in [0, 0.05) is 5.33 Å². The van der Waals surface area contributed by atoms with Crippen LogP contribution in [0, 0.1) is 0 Å². The van der Waals surface area contributed by atoms with Crippen LogP contribution in [-0.2, 0) is 0 Å². The summed E-state index contributed by atoms with van der Waals surface area (Å²) in [6, 6.07) is 8.30. The molecule has 0 amide bonds. The van der Waals surface area contributed by atoms with Crippen molar-refractivity contribution in [3.05, 3.63) is 42.5 Å². The molecule has 15 heavy (non-hydrogen) atoms. The number of alkyl halides is 1. The van der Waals surface area contributed by atoms with E-state index in [0.29, 0.717) is 5.92 Å². The maximum atomic E-state index is 5.14. The summed E-state index contributed by atoms with van der Waals surface area (Å²) < 4.78 is 5.14. The van der Waals surface area contributed by atoms with Gasteiger partial charge in [-0.05, 0) is 36.5 Å². The Labute approximate surface area is 100 Å². The van der Waals surface area contributed by atoms with Gasteiger partial charge in [-0.1, -0.05) is 34.1 Å². The van der Waals surface area contributed by atoms with Crippen molar-refractivity contribution < 1.29 is 4.74 Å². The van der Waals surface area contributed by atoms with Gasteiger partial charge in [-0.15, -0.1) is 6.58 Å². The molecule has 0 saturated carbocycles. The first-order valence-electron chi connectivity index (χ1n) is 5.12. The molecule has 0 bridgehead atoms. The number of benzene rings is 1. The Balaban J connectivity index is 2.76. The van der Waals surface area contributed by atoms with E-state index in [1.807, 2.05) is 18.2 Å². The molecule has 0 N–H and O–H groups in total. The molecule has 1 aromatic rings. The molecule has 82 valence electrons. The third-order valence-electron chi connectivity index (χ3n) is 2.50. The summed E-state index contributed by atoms with van der Waals surface area (Å²) in [7, 11) is 1.69. The van der Waals surface area contributed by atoms with Crippen molar-refractivity contribution in [2.24, 2.45) is 0 Å². The summed E-state index contributed by atoms with van der Waals surface area (Å²) in [6.45, 7) is 3.80. The maximum Gasteiger partial charge on any atom is 0.118 e. The normalized spacial score (nSPS) is 12.1. The van der Waals surface area contributed by atoms with Crippen molar-refractivity contribution in [3.63, 3.8) is 0 Å². The van der Waals surface area contributed by atoms with Crippen molar-refractivity contribution in [2.45, 2.75) is 18.8 Å². The first-order valence-corrected chi connectivity index (χ1v) is 6.24. The van der Waals surface area contributed by atoms with Crippen molar-refractivity contribution in [3.8, 4) is 5.75 Å². The fourth-order valence-electron chi connectivity index (χ4n) is 1.63. The van der Waals surface area contributed by atoms with Gasteiger partial charge in [-0.25, -0.2) is 0 Å². The molecule has 0 aliphatic rings. The molecule has 0 aliphatic heterocycles. The second-order valence-electron chi connectivity index (χ2n) is 3.47. The lowest BCUT2D eigenvalue weighted by Gasteiger charge is -2.14. The molecule has 1 rings (SSSR count). The topological polar surface area (TPSA) is 9.23 Å². The summed E-state index contributed by atoms with van der Waals surface area (Å²) in [5, 5.41) is 1.03. The van der Waals surface area contributed by atoms with Crippen molar-refractivity contribution in [2.75, 3.05) is 12.4 Å². The Morgan fingerprint density at radius 1 is 1.40 bits per heavy atom. The second kappa shape index (κ2) is 6.67. The number of methoxy groups -OCH3 is 1. The summed E-state index contributed by atoms with van der Waals surface area (Å²) in [6.07, 6.45) is 4.15. The predicted octanol–water partition coefficient (Wildman–Crippen LogP) is 4.14. The van der Waals surface area contributed by atoms with Crippen LogP contribution in [0.5, 0.6) is 5.75 Å². The van der Waals surface area contributed by atoms with Crippen LogP contribution >= 0.6 is 15.9 Å². The van der Waals surface area contributed by atoms with E-state index in [2.05, 4.69) is 34.6 Å². The molecule has 0 heterocycles. The second-order valence-corrected chi connectivity index (χ2v) is 4.27. The minimum Gasteiger partial charge on any atom is -0.497 e. The number of rotatable bonds is 6. The van der Waals surface area contributed by atoms with Crippen molar-refractivity contribution >= 4 is 15.9 Å². The minimum absolute atomic E-state index is 0.563. The molecule has 0 radical (unpaired) electrons. The standard InChI is InChI=1S/C13H17BrO/c1-3-4-11(9-10-14)12-5-7-13(15-2)8-6-12/h3,5-8,11H,1,4,9-10H2,2H3. The number of hydrogen-bond acceptors (Lipinski definition) is 1. The predicted molar refractivity (Wildman–Crippen MR) is 69.0 cm³/mol. The van der Waals surface area contributed by atoms with Crippen LogP contribution in [0.2, 0.25) is 0 Å². The quantitative estimate of drug-likeness (QED) is 0.557. The van der Waals surface area contributed by atoms with E-state index >= 15 is 0 Å². The van der Waals surface area contributed by atoms with Gasteiger partial charge in [0.1, 0.15) is 5.75 Å². The van der Waals surface area contributed by atoms with E-state index in [4.69, 9.17) is 4.74 Å². The Bertz CT molecular complexity index is 292. The van der Waals surface area contributed by atoms with Crippen LogP contribution in [0.15, 0.2) is 36.9 Å². The molecule has 2 heteroatoms. The zero-order valence-electron chi connectivity index (χ0n) is 9.08. The molecule has 1 nitrogen and oxygen atoms in total. The van der Waals surface area contributed by atoms with E-state index in [1.54, 1.807) is 7.11 Å². The van der Waals surface area contributed by atoms with Gasteiger partial charge in [-0.3, -0.25) is 0 Å². The first-order chi connectivity index (χ1) is 7.31. The van der Waals surface area contributed by atoms with Gasteiger partial charge in [0.2, 0.25) is 0 Å². The Kier molecular flexibility index (Phi) is 5.48. The zero-order chi connectivity index (χ0) is 11.1. The summed E-state index contributed by atoms with van der Waals surface area (Å²) in [5.41, 5.74) is 1.36. The zero-order valence-corrected chi connectivity index (χ0v) is 10.7. The first kappa shape index (κ1) is 12.3. The van der Waals surface area contributed by atoms with E-state index in [1.165, 1.54) is 5.56 Å². The van der Waals surface area contributed by atoms with Crippen molar-refractivity contribution in [1.82, 2.24) is 0 Å². The molecular formula is C13H17BrO. The van der Waals surface area contributed by atoms with E-state index < -0.39 is 0 Å². The third kappa shape index (κ3) is 3.71. The highest BCUT2D eigenvalue weighted by molar-refractivity contribution is 9.09. The fourth-order valence-corrected chi connectivity index (χ4v) is 2.18. The van der Waals surface area contributed by atoms with Gasteiger partial charge in [0.25, 0.3) is 0 Å². The Morgan fingerprint density at radius 2 is 2.07 bits per heavy atom. The number of hydrogen-bond donors (Lipinski definition) is 0. The van der Waals surface area contributed by atoms with Crippen LogP contribution in [0.25, 0.3) is 0 Å². The van der Waals surface area contributed by atoms with E-state index in [-0.39, 0.29) is 0 Å². The highest BCUT2D eigenvalue weighted by Crippen LogP contribution is 2.26. The average Bonchev–Trinajstić information content (AvgIpc) is 2.29. The van der Waals surface area contributed by atoms with Crippen molar-refractivity contribution in [1.29, 1.82) is 0 Å².